The van der Waals surface area contributed by atoms with E-state index in [1.807, 2.05) is 24.6 Å². The van der Waals surface area contributed by atoms with Crippen LogP contribution in [0.3, 0.4) is 0 Å². The summed E-state index contributed by atoms with van der Waals surface area (Å²) in [5.41, 5.74) is 1.33. The number of aromatic nitrogens is 3. The number of halogens is 1. The highest BCUT2D eigenvalue weighted by atomic mass is 19.1. The van der Waals surface area contributed by atoms with Gasteiger partial charge in [-0.1, -0.05) is 0 Å². The number of fused-ring (bicyclic) bond motifs is 1. The fourth-order valence-corrected chi connectivity index (χ4v) is 2.40. The molecule has 6 nitrogen and oxygen atoms in total. The first-order chi connectivity index (χ1) is 11.9. The minimum absolute atomic E-state index is 0.203. The van der Waals surface area contributed by atoms with E-state index in [1.54, 1.807) is 19.3 Å². The lowest BCUT2D eigenvalue weighted by molar-refractivity contribution is -0.122. The number of carbonyl (C=O) groups is 1. The monoisotopic (exact) mass is 342 g/mol. The van der Waals surface area contributed by atoms with Crippen molar-refractivity contribution in [1.29, 1.82) is 0 Å². The molecule has 0 bridgehead atoms. The molecule has 1 amide bonds. The van der Waals surface area contributed by atoms with Crippen LogP contribution in [0.25, 0.3) is 11.0 Å². The van der Waals surface area contributed by atoms with Gasteiger partial charge < -0.3 is 10.1 Å². The predicted octanol–water partition coefficient (Wildman–Crippen LogP) is 3.56. The van der Waals surface area contributed by atoms with E-state index in [0.29, 0.717) is 11.4 Å². The molecule has 2 heterocycles. The molecule has 0 radical (unpaired) electrons. The van der Waals surface area contributed by atoms with Crippen molar-refractivity contribution < 1.29 is 13.9 Å². The SMILES string of the molecule is CC(C)n1ncc2cc(NC(=O)[C@@H](C)Oc3ccc(F)cc3)cnc21. The largest absolute Gasteiger partial charge is 0.481 e. The van der Waals surface area contributed by atoms with E-state index in [1.165, 1.54) is 24.3 Å². The van der Waals surface area contributed by atoms with Gasteiger partial charge in [-0.25, -0.2) is 14.1 Å². The number of anilines is 1. The molecular formula is C18H19FN4O2. The average molecular weight is 342 g/mol. The molecule has 0 fully saturated rings. The van der Waals surface area contributed by atoms with Gasteiger partial charge in [-0.05, 0) is 51.1 Å². The molecule has 0 aliphatic heterocycles. The van der Waals surface area contributed by atoms with E-state index >= 15 is 0 Å². The molecule has 3 aromatic rings. The third kappa shape index (κ3) is 3.76. The summed E-state index contributed by atoms with van der Waals surface area (Å²) in [7, 11) is 0. The fraction of sp³-hybridized carbons (Fsp3) is 0.278. The van der Waals surface area contributed by atoms with Gasteiger partial charge in [0.2, 0.25) is 0 Å². The van der Waals surface area contributed by atoms with Gasteiger partial charge in [0, 0.05) is 11.4 Å². The number of pyridine rings is 1. The highest BCUT2D eigenvalue weighted by molar-refractivity contribution is 5.95. The van der Waals surface area contributed by atoms with Gasteiger partial charge in [-0.15, -0.1) is 0 Å². The Balaban J connectivity index is 1.69. The third-order valence-corrected chi connectivity index (χ3v) is 3.69. The van der Waals surface area contributed by atoms with Crippen LogP contribution in [0.2, 0.25) is 0 Å². The van der Waals surface area contributed by atoms with Crippen molar-refractivity contribution in [1.82, 2.24) is 14.8 Å². The van der Waals surface area contributed by atoms with E-state index in [2.05, 4.69) is 15.4 Å². The second kappa shape index (κ2) is 6.88. The van der Waals surface area contributed by atoms with Gasteiger partial charge in [0.05, 0.1) is 18.1 Å². The zero-order valence-electron chi connectivity index (χ0n) is 14.2. The van der Waals surface area contributed by atoms with Crippen molar-refractivity contribution in [3.8, 4) is 5.75 Å². The zero-order valence-corrected chi connectivity index (χ0v) is 14.2. The molecule has 1 N–H and O–H groups in total. The maximum Gasteiger partial charge on any atom is 0.265 e. The number of hydrogen-bond acceptors (Lipinski definition) is 4. The van der Waals surface area contributed by atoms with E-state index in [4.69, 9.17) is 4.74 Å². The second-order valence-corrected chi connectivity index (χ2v) is 6.02. The van der Waals surface area contributed by atoms with E-state index in [9.17, 15) is 9.18 Å². The lowest BCUT2D eigenvalue weighted by Gasteiger charge is -2.14. The minimum Gasteiger partial charge on any atom is -0.481 e. The summed E-state index contributed by atoms with van der Waals surface area (Å²) in [6, 6.07) is 7.54. The summed E-state index contributed by atoms with van der Waals surface area (Å²) in [4.78, 5) is 16.6. The van der Waals surface area contributed by atoms with Gasteiger partial charge in [0.15, 0.2) is 11.8 Å². The Labute approximate surface area is 144 Å². The van der Waals surface area contributed by atoms with E-state index < -0.39 is 6.10 Å². The Morgan fingerprint density at radius 1 is 1.20 bits per heavy atom. The number of nitrogens with one attached hydrogen (secondary N) is 1. The van der Waals surface area contributed by atoms with Crippen LogP contribution in [0.15, 0.2) is 42.7 Å². The van der Waals surface area contributed by atoms with Gasteiger partial charge in [-0.3, -0.25) is 4.79 Å². The fourth-order valence-electron chi connectivity index (χ4n) is 2.40. The molecule has 2 aromatic heterocycles. The summed E-state index contributed by atoms with van der Waals surface area (Å²) in [6.07, 6.45) is 2.57. The Bertz CT molecular complexity index is 890. The van der Waals surface area contributed by atoms with Gasteiger partial charge >= 0.3 is 0 Å². The van der Waals surface area contributed by atoms with Gasteiger partial charge in [-0.2, -0.15) is 5.10 Å². The maximum absolute atomic E-state index is 12.9. The molecule has 0 saturated heterocycles. The van der Waals surface area contributed by atoms with Crippen LogP contribution in [0, 0.1) is 5.82 Å². The molecule has 1 atom stereocenters. The van der Waals surface area contributed by atoms with Gasteiger partial charge in [0.25, 0.3) is 5.91 Å². The first kappa shape index (κ1) is 16.9. The molecule has 0 aliphatic rings. The number of rotatable bonds is 5. The summed E-state index contributed by atoms with van der Waals surface area (Å²) in [5, 5.41) is 7.91. The first-order valence-corrected chi connectivity index (χ1v) is 8.00. The Hall–Kier alpha value is -2.96. The highest BCUT2D eigenvalue weighted by Gasteiger charge is 2.16. The zero-order chi connectivity index (χ0) is 18.0. The standard InChI is InChI=1S/C18H19FN4O2/c1-11(2)23-17-13(9-21-23)8-15(10-20-17)22-18(24)12(3)25-16-6-4-14(19)5-7-16/h4-12H,1-3H3,(H,22,24)/t12-/m1/s1. The molecular weight excluding hydrogens is 323 g/mol. The lowest BCUT2D eigenvalue weighted by atomic mass is 10.3. The molecule has 0 unspecified atom stereocenters. The van der Waals surface area contributed by atoms with Gasteiger partial charge in [0.1, 0.15) is 11.6 Å². The number of amides is 1. The molecule has 1 aromatic carbocycles. The van der Waals surface area contributed by atoms with Crippen molar-refractivity contribution in [3.63, 3.8) is 0 Å². The topological polar surface area (TPSA) is 69.0 Å². The van der Waals surface area contributed by atoms with Crippen LogP contribution in [-0.2, 0) is 4.79 Å². The Morgan fingerprint density at radius 3 is 2.60 bits per heavy atom. The van der Waals surface area contributed by atoms with Crippen LogP contribution >= 0.6 is 0 Å². The van der Waals surface area contributed by atoms with Crippen molar-refractivity contribution in [2.24, 2.45) is 0 Å². The summed E-state index contributed by atoms with van der Waals surface area (Å²) < 4.78 is 20.2. The molecule has 3 rings (SSSR count). The highest BCUT2D eigenvalue weighted by Crippen LogP contribution is 2.19. The van der Waals surface area contributed by atoms with Crippen LogP contribution in [0.1, 0.15) is 26.8 Å². The minimum atomic E-state index is -0.737. The first-order valence-electron chi connectivity index (χ1n) is 8.00. The number of carbonyl (C=O) groups excluding carboxylic acids is 1. The summed E-state index contributed by atoms with van der Waals surface area (Å²) >= 11 is 0. The molecule has 25 heavy (non-hydrogen) atoms. The van der Waals surface area contributed by atoms with Crippen molar-refractivity contribution in [2.75, 3.05) is 5.32 Å². The van der Waals surface area contributed by atoms with Crippen molar-refractivity contribution >= 4 is 22.6 Å². The number of hydrogen-bond donors (Lipinski definition) is 1. The molecule has 0 aliphatic carbocycles. The summed E-state index contributed by atoms with van der Waals surface area (Å²) in [5.74, 6) is -0.247. The second-order valence-electron chi connectivity index (χ2n) is 6.02. The number of ether oxygens (including phenoxy) is 1. The Morgan fingerprint density at radius 2 is 1.92 bits per heavy atom. The lowest BCUT2D eigenvalue weighted by Crippen LogP contribution is -2.30. The third-order valence-electron chi connectivity index (χ3n) is 3.69. The number of nitrogens with zero attached hydrogens (tertiary/aromatic N) is 3. The normalized spacial score (nSPS) is 12.4. The number of benzene rings is 1. The molecule has 7 heteroatoms. The molecule has 0 spiro atoms. The van der Waals surface area contributed by atoms with Crippen LogP contribution in [0.5, 0.6) is 5.75 Å². The van der Waals surface area contributed by atoms with Crippen LogP contribution in [-0.4, -0.2) is 26.8 Å². The average Bonchev–Trinajstić information content (AvgIpc) is 3.00. The quantitative estimate of drug-likeness (QED) is 0.770. The smallest absolute Gasteiger partial charge is 0.265 e. The van der Waals surface area contributed by atoms with Crippen LogP contribution in [0.4, 0.5) is 10.1 Å². The van der Waals surface area contributed by atoms with Crippen molar-refractivity contribution in [2.45, 2.75) is 32.9 Å². The molecule has 0 saturated carbocycles. The molecule has 130 valence electrons. The predicted molar refractivity (Wildman–Crippen MR) is 93.0 cm³/mol. The van der Waals surface area contributed by atoms with Crippen molar-refractivity contribution in [3.05, 3.63) is 48.5 Å². The summed E-state index contributed by atoms with van der Waals surface area (Å²) in [6.45, 7) is 5.68. The van der Waals surface area contributed by atoms with Crippen LogP contribution < -0.4 is 10.1 Å². The maximum atomic E-state index is 12.9. The Kier molecular flexibility index (Phi) is 4.65. The van der Waals surface area contributed by atoms with E-state index in [0.717, 1.165) is 11.0 Å². The van der Waals surface area contributed by atoms with E-state index in [-0.39, 0.29) is 17.8 Å².